The molecule has 3 aliphatic heterocycles. The Labute approximate surface area is 251 Å². The van der Waals surface area contributed by atoms with E-state index in [4.69, 9.17) is 9.47 Å². The molecule has 4 heterocycles. The number of likely N-dealkylation sites (tertiary alicyclic amines) is 1. The maximum atomic E-state index is 15.1. The molecule has 43 heavy (non-hydrogen) atoms. The van der Waals surface area contributed by atoms with Crippen LogP contribution in [0.2, 0.25) is 0 Å². The number of aromatic nitrogens is 1. The highest BCUT2D eigenvalue weighted by Gasteiger charge is 2.28. The van der Waals surface area contributed by atoms with Crippen LogP contribution in [0.1, 0.15) is 54.7 Å². The third-order valence-corrected chi connectivity index (χ3v) is 9.33. The Balaban J connectivity index is 1.14. The second-order valence-corrected chi connectivity index (χ2v) is 12.0. The number of ether oxygens (including phenoxy) is 2. The number of piperidine rings is 2. The average molecular weight is 591 g/mol. The summed E-state index contributed by atoms with van der Waals surface area (Å²) in [5.74, 6) is -1.91. The van der Waals surface area contributed by atoms with Gasteiger partial charge in [-0.3, -0.25) is 4.90 Å². The van der Waals surface area contributed by atoms with E-state index in [1.54, 1.807) is 12.1 Å². The first-order valence-corrected chi connectivity index (χ1v) is 15.3. The number of aliphatic carboxylic acids is 1. The third kappa shape index (κ3) is 6.68. The first kappa shape index (κ1) is 29.5. The van der Waals surface area contributed by atoms with Gasteiger partial charge < -0.3 is 24.3 Å². The summed E-state index contributed by atoms with van der Waals surface area (Å²) in [5, 5.41) is 11.2. The molecule has 0 amide bonds. The first-order chi connectivity index (χ1) is 20.9. The van der Waals surface area contributed by atoms with Crippen molar-refractivity contribution in [1.29, 1.82) is 0 Å². The molecular formula is C34H38F2N3O4-. The van der Waals surface area contributed by atoms with Crippen LogP contribution in [-0.2, 0) is 16.1 Å². The molecule has 228 valence electrons. The fourth-order valence-electron chi connectivity index (χ4n) is 6.68. The van der Waals surface area contributed by atoms with Gasteiger partial charge >= 0.3 is 0 Å². The van der Waals surface area contributed by atoms with Gasteiger partial charge in [-0.15, -0.1) is 0 Å². The fraction of sp³-hybridized carbons (Fsp3) is 0.471. The Morgan fingerprint density at radius 3 is 2.51 bits per heavy atom. The molecule has 0 spiro atoms. The van der Waals surface area contributed by atoms with E-state index in [1.165, 1.54) is 11.6 Å². The van der Waals surface area contributed by atoms with E-state index in [-0.39, 0.29) is 17.9 Å². The van der Waals surface area contributed by atoms with E-state index in [1.807, 2.05) is 17.9 Å². The zero-order valence-corrected chi connectivity index (χ0v) is 24.6. The number of carboxylic acids is 1. The third-order valence-electron chi connectivity index (χ3n) is 9.33. The lowest BCUT2D eigenvalue weighted by Gasteiger charge is -2.35. The standard InChI is InChI=1S/C34H39F2N3O4/c1-22-17-25(23-7-12-38(13-8-23)28-11-16-42-21-28)5-6-26(22)20-43-33-29(18-27(35)19-30(33)36)31-3-2-4-32(37-31)39-14-9-24(10-15-39)34(40)41/h2-6,17-19,23-24,28H,7-16,20-21H2,1H3,(H,40,41)/p-1. The summed E-state index contributed by atoms with van der Waals surface area (Å²) >= 11 is 0. The van der Waals surface area contributed by atoms with Gasteiger partial charge in [0, 0.05) is 49.3 Å². The maximum absolute atomic E-state index is 15.1. The van der Waals surface area contributed by atoms with Gasteiger partial charge in [-0.25, -0.2) is 13.8 Å². The van der Waals surface area contributed by atoms with Gasteiger partial charge in [0.1, 0.15) is 18.2 Å². The molecule has 0 saturated carbocycles. The van der Waals surface area contributed by atoms with E-state index in [2.05, 4.69) is 28.1 Å². The van der Waals surface area contributed by atoms with Crippen molar-refractivity contribution in [1.82, 2.24) is 9.88 Å². The van der Waals surface area contributed by atoms with Crippen LogP contribution in [0.25, 0.3) is 11.3 Å². The number of benzene rings is 2. The first-order valence-electron chi connectivity index (χ1n) is 15.3. The zero-order chi connectivity index (χ0) is 29.9. The Bertz CT molecular complexity index is 1450. The molecule has 7 nitrogen and oxygen atoms in total. The number of pyridine rings is 1. The van der Waals surface area contributed by atoms with Crippen LogP contribution in [0.5, 0.6) is 5.75 Å². The number of halogens is 2. The number of hydrogen-bond acceptors (Lipinski definition) is 7. The van der Waals surface area contributed by atoms with Gasteiger partial charge in [-0.1, -0.05) is 24.3 Å². The number of aryl methyl sites for hydroxylation is 1. The second-order valence-electron chi connectivity index (χ2n) is 12.0. The van der Waals surface area contributed by atoms with Crippen LogP contribution in [0.4, 0.5) is 14.6 Å². The molecule has 1 aromatic heterocycles. The summed E-state index contributed by atoms with van der Waals surface area (Å²) in [6.45, 7) is 7.10. The Morgan fingerprint density at radius 1 is 1.02 bits per heavy atom. The molecule has 9 heteroatoms. The molecule has 3 fully saturated rings. The lowest BCUT2D eigenvalue weighted by Crippen LogP contribution is -2.41. The lowest BCUT2D eigenvalue weighted by molar-refractivity contribution is -0.312. The Morgan fingerprint density at radius 2 is 1.81 bits per heavy atom. The van der Waals surface area contributed by atoms with Gasteiger partial charge in [-0.05, 0) is 92.9 Å². The van der Waals surface area contributed by atoms with E-state index in [0.717, 1.165) is 62.8 Å². The van der Waals surface area contributed by atoms with Gasteiger partial charge in [0.25, 0.3) is 0 Å². The molecule has 3 aromatic rings. The van der Waals surface area contributed by atoms with Crippen LogP contribution in [-0.4, -0.2) is 61.3 Å². The number of carbonyl (C=O) groups is 1. The van der Waals surface area contributed by atoms with E-state index < -0.39 is 23.5 Å². The molecule has 0 aliphatic carbocycles. The van der Waals surface area contributed by atoms with Crippen molar-refractivity contribution >= 4 is 11.8 Å². The fourth-order valence-corrected chi connectivity index (χ4v) is 6.68. The molecule has 1 unspecified atom stereocenters. The van der Waals surface area contributed by atoms with Crippen LogP contribution in [0.3, 0.4) is 0 Å². The van der Waals surface area contributed by atoms with Crippen molar-refractivity contribution in [3.8, 4) is 17.0 Å². The van der Waals surface area contributed by atoms with Gasteiger partial charge in [0.15, 0.2) is 11.6 Å². The van der Waals surface area contributed by atoms with Crippen molar-refractivity contribution in [3.05, 3.63) is 76.9 Å². The minimum absolute atomic E-state index is 0.0477. The molecule has 3 saturated heterocycles. The highest BCUT2D eigenvalue weighted by molar-refractivity contribution is 5.70. The molecule has 6 rings (SSSR count). The zero-order valence-electron chi connectivity index (χ0n) is 24.6. The van der Waals surface area contributed by atoms with Crippen molar-refractivity contribution < 1.29 is 28.2 Å². The monoisotopic (exact) mass is 590 g/mol. The largest absolute Gasteiger partial charge is 0.550 e. The summed E-state index contributed by atoms with van der Waals surface area (Å²) in [6, 6.07) is 14.4. The van der Waals surface area contributed by atoms with Crippen LogP contribution in [0.15, 0.2) is 48.5 Å². The van der Waals surface area contributed by atoms with Crippen LogP contribution in [0, 0.1) is 24.5 Å². The smallest absolute Gasteiger partial charge is 0.168 e. The minimum Gasteiger partial charge on any atom is -0.550 e. The molecule has 0 radical (unpaired) electrons. The van der Waals surface area contributed by atoms with Crippen molar-refractivity contribution in [2.45, 2.75) is 57.6 Å². The topological polar surface area (TPSA) is 78.0 Å². The van der Waals surface area contributed by atoms with Crippen LogP contribution < -0.4 is 14.7 Å². The number of nitrogens with zero attached hydrogens (tertiary/aromatic N) is 3. The Kier molecular flexibility index (Phi) is 8.90. The van der Waals surface area contributed by atoms with Crippen LogP contribution >= 0.6 is 0 Å². The van der Waals surface area contributed by atoms with E-state index in [9.17, 15) is 14.3 Å². The highest BCUT2D eigenvalue weighted by atomic mass is 19.1. The normalized spacial score (nSPS) is 20.4. The van der Waals surface area contributed by atoms with E-state index >= 15 is 4.39 Å². The summed E-state index contributed by atoms with van der Waals surface area (Å²) in [4.78, 5) is 20.5. The van der Waals surface area contributed by atoms with Crippen molar-refractivity contribution in [2.75, 3.05) is 44.3 Å². The maximum Gasteiger partial charge on any atom is 0.168 e. The highest BCUT2D eigenvalue weighted by Crippen LogP contribution is 2.36. The number of hydrogen-bond donors (Lipinski definition) is 0. The predicted octanol–water partition coefficient (Wildman–Crippen LogP) is 4.85. The minimum atomic E-state index is -1.03. The van der Waals surface area contributed by atoms with Crippen molar-refractivity contribution in [3.63, 3.8) is 0 Å². The predicted molar refractivity (Wildman–Crippen MR) is 158 cm³/mol. The lowest BCUT2D eigenvalue weighted by atomic mass is 9.87. The number of rotatable bonds is 8. The second kappa shape index (κ2) is 13.0. The van der Waals surface area contributed by atoms with Gasteiger partial charge in [0.2, 0.25) is 0 Å². The summed E-state index contributed by atoms with van der Waals surface area (Å²) < 4.78 is 41.2. The quantitative estimate of drug-likeness (QED) is 0.371. The van der Waals surface area contributed by atoms with Gasteiger partial charge in [0.05, 0.1) is 12.3 Å². The molecule has 1 atom stereocenters. The molecule has 0 bridgehead atoms. The molecular weight excluding hydrogens is 552 g/mol. The number of carbonyl (C=O) groups excluding carboxylic acids is 1. The average Bonchev–Trinajstić information content (AvgIpc) is 3.56. The summed E-state index contributed by atoms with van der Waals surface area (Å²) in [6.07, 6.45) is 4.30. The summed E-state index contributed by atoms with van der Waals surface area (Å²) in [5.41, 5.74) is 3.96. The molecule has 3 aliphatic rings. The van der Waals surface area contributed by atoms with Gasteiger partial charge in [-0.2, -0.15) is 0 Å². The molecule has 2 aromatic carbocycles. The van der Waals surface area contributed by atoms with Crippen molar-refractivity contribution in [2.24, 2.45) is 5.92 Å². The molecule has 0 N–H and O–H groups in total. The van der Waals surface area contributed by atoms with E-state index in [0.29, 0.717) is 49.4 Å². The number of carboxylic acid groups (broad SMARTS) is 1. The summed E-state index contributed by atoms with van der Waals surface area (Å²) in [7, 11) is 0. The SMILES string of the molecule is Cc1cc(C2CCN(C3CCOC3)CC2)ccc1COc1c(F)cc(F)cc1-c1cccc(N2CCC(C(=O)[O-])CC2)n1. The number of anilines is 1. The Hall–Kier alpha value is -3.56.